The van der Waals surface area contributed by atoms with Crippen LogP contribution >= 0.6 is 12.4 Å². The van der Waals surface area contributed by atoms with E-state index in [0.29, 0.717) is 13.1 Å². The number of hydrogen-bond acceptors (Lipinski definition) is 5. The molecule has 2 rings (SSSR count). The molecule has 0 bridgehead atoms. The van der Waals surface area contributed by atoms with Crippen LogP contribution in [-0.4, -0.2) is 50.9 Å². The van der Waals surface area contributed by atoms with Crippen molar-refractivity contribution in [2.75, 3.05) is 26.7 Å². The number of hydrogen-bond donors (Lipinski definition) is 2. The fourth-order valence-electron chi connectivity index (χ4n) is 3.39. The highest BCUT2D eigenvalue weighted by atomic mass is 35.5. The topological polar surface area (TPSA) is 102 Å². The maximum absolute atomic E-state index is 13.3. The molecule has 1 aliphatic heterocycles. The first-order valence-electron chi connectivity index (χ1n) is 9.21. The van der Waals surface area contributed by atoms with E-state index in [0.717, 1.165) is 6.42 Å². The second kappa shape index (κ2) is 9.43. The second-order valence-electron chi connectivity index (χ2n) is 8.18. The minimum absolute atomic E-state index is 0. The van der Waals surface area contributed by atoms with E-state index in [1.54, 1.807) is 6.07 Å². The summed E-state index contributed by atoms with van der Waals surface area (Å²) >= 11 is 0. The van der Waals surface area contributed by atoms with Gasteiger partial charge in [-0.2, -0.15) is 4.31 Å². The van der Waals surface area contributed by atoms with Crippen LogP contribution in [0, 0.1) is 11.8 Å². The normalized spacial score (nSPS) is 20.9. The number of amides is 1. The van der Waals surface area contributed by atoms with E-state index in [4.69, 9.17) is 10.5 Å². The number of sulfonamides is 1. The van der Waals surface area contributed by atoms with Crippen LogP contribution in [0.15, 0.2) is 23.1 Å². The fourth-order valence-corrected chi connectivity index (χ4v) is 5.25. The molecule has 1 aliphatic rings. The minimum atomic E-state index is -3.77. The van der Waals surface area contributed by atoms with Crippen LogP contribution in [0.5, 0.6) is 5.75 Å². The van der Waals surface area contributed by atoms with Gasteiger partial charge in [0.1, 0.15) is 10.6 Å². The minimum Gasteiger partial charge on any atom is -0.495 e. The lowest BCUT2D eigenvalue weighted by atomic mass is 9.94. The Morgan fingerprint density at radius 2 is 1.86 bits per heavy atom. The van der Waals surface area contributed by atoms with E-state index in [1.165, 1.54) is 23.5 Å². The Labute approximate surface area is 174 Å². The Morgan fingerprint density at radius 1 is 1.29 bits per heavy atom. The number of ether oxygens (including phenoxy) is 1. The molecule has 1 fully saturated rings. The molecule has 1 amide bonds. The number of carbonyl (C=O) groups excluding carboxylic acids is 1. The van der Waals surface area contributed by atoms with Crippen LogP contribution in [0.3, 0.4) is 0 Å². The number of nitrogens with one attached hydrogen (secondary N) is 1. The molecular weight excluding hydrogens is 402 g/mol. The van der Waals surface area contributed by atoms with Crippen LogP contribution in [0.4, 0.5) is 0 Å². The van der Waals surface area contributed by atoms with Gasteiger partial charge in [0.05, 0.1) is 7.11 Å². The Hall–Kier alpha value is -1.35. The highest BCUT2D eigenvalue weighted by Crippen LogP contribution is 2.32. The van der Waals surface area contributed by atoms with E-state index >= 15 is 0 Å². The zero-order chi connectivity index (χ0) is 20.4. The lowest BCUT2D eigenvalue weighted by Gasteiger charge is -2.34. The molecule has 0 radical (unpaired) electrons. The molecule has 9 heteroatoms. The Morgan fingerprint density at radius 3 is 2.36 bits per heavy atom. The van der Waals surface area contributed by atoms with Gasteiger partial charge in [0.15, 0.2) is 0 Å². The molecule has 3 N–H and O–H groups in total. The van der Waals surface area contributed by atoms with E-state index in [2.05, 4.69) is 5.32 Å². The molecule has 0 aromatic heterocycles. The predicted molar refractivity (Wildman–Crippen MR) is 113 cm³/mol. The quantitative estimate of drug-likeness (QED) is 0.716. The molecule has 2 unspecified atom stereocenters. The summed E-state index contributed by atoms with van der Waals surface area (Å²) < 4.78 is 33.3. The third kappa shape index (κ3) is 5.59. The average Bonchev–Trinajstić information content (AvgIpc) is 2.60. The smallest absolute Gasteiger partial charge is 0.251 e. The Kier molecular flexibility index (Phi) is 8.32. The number of nitrogens with two attached hydrogens (primary N) is 1. The van der Waals surface area contributed by atoms with Crippen molar-refractivity contribution in [1.82, 2.24) is 9.62 Å². The third-order valence-corrected chi connectivity index (χ3v) is 6.69. The molecule has 1 heterocycles. The maximum atomic E-state index is 13.3. The van der Waals surface area contributed by atoms with Crippen molar-refractivity contribution in [1.29, 1.82) is 0 Å². The predicted octanol–water partition coefficient (Wildman–Crippen LogP) is 2.25. The SMILES string of the molecule is COc1ccc(C(=O)NC(C)(C)CN)cc1S(=O)(=O)N1CC(C)CC(C)C1.Cl. The van der Waals surface area contributed by atoms with Gasteiger partial charge in [0.25, 0.3) is 5.91 Å². The number of methoxy groups -OCH3 is 1. The zero-order valence-electron chi connectivity index (χ0n) is 17.2. The summed E-state index contributed by atoms with van der Waals surface area (Å²) in [6.45, 7) is 8.91. The van der Waals surface area contributed by atoms with E-state index in [-0.39, 0.29) is 52.9 Å². The largest absolute Gasteiger partial charge is 0.495 e. The number of piperidine rings is 1. The zero-order valence-corrected chi connectivity index (χ0v) is 18.8. The van der Waals surface area contributed by atoms with Gasteiger partial charge >= 0.3 is 0 Å². The van der Waals surface area contributed by atoms with Crippen LogP contribution in [0.1, 0.15) is 44.5 Å². The number of carbonyl (C=O) groups is 1. The van der Waals surface area contributed by atoms with Gasteiger partial charge in [-0.3, -0.25) is 4.79 Å². The summed E-state index contributed by atoms with van der Waals surface area (Å²) in [7, 11) is -2.35. The first-order chi connectivity index (χ1) is 12.5. The lowest BCUT2D eigenvalue weighted by Crippen LogP contribution is -2.48. The second-order valence-corrected chi connectivity index (χ2v) is 10.1. The van der Waals surface area contributed by atoms with Crippen molar-refractivity contribution >= 4 is 28.3 Å². The standard InChI is InChI=1S/C19H31N3O4S.ClH/c1-13-8-14(2)11-22(10-13)27(24,25)17-9-15(6-7-16(17)26-5)18(23)21-19(3,4)12-20;/h6-7,9,13-14H,8,10-12,20H2,1-5H3,(H,21,23);1H. The molecule has 0 aliphatic carbocycles. The first kappa shape index (κ1) is 24.7. The van der Waals surface area contributed by atoms with Crippen LogP contribution < -0.4 is 15.8 Å². The first-order valence-corrected chi connectivity index (χ1v) is 10.6. The van der Waals surface area contributed by atoms with Gasteiger partial charge in [0.2, 0.25) is 10.0 Å². The summed E-state index contributed by atoms with van der Waals surface area (Å²) in [5.74, 6) is 0.429. The van der Waals surface area contributed by atoms with Gasteiger partial charge in [0, 0.05) is 30.7 Å². The highest BCUT2D eigenvalue weighted by Gasteiger charge is 2.34. The number of nitrogens with zero attached hydrogens (tertiary/aromatic N) is 1. The number of benzene rings is 1. The molecule has 1 aromatic carbocycles. The van der Waals surface area contributed by atoms with Crippen LogP contribution in [0.2, 0.25) is 0 Å². The lowest BCUT2D eigenvalue weighted by molar-refractivity contribution is 0.0915. The van der Waals surface area contributed by atoms with Crippen molar-refractivity contribution in [3.05, 3.63) is 23.8 Å². The molecule has 28 heavy (non-hydrogen) atoms. The molecule has 0 spiro atoms. The van der Waals surface area contributed by atoms with Crippen molar-refractivity contribution in [3.8, 4) is 5.75 Å². The summed E-state index contributed by atoms with van der Waals surface area (Å²) in [5, 5.41) is 2.82. The van der Waals surface area contributed by atoms with Gasteiger partial charge in [-0.25, -0.2) is 8.42 Å². The van der Waals surface area contributed by atoms with E-state index in [1.807, 2.05) is 27.7 Å². The molecular formula is C19H32ClN3O4S. The Bertz CT molecular complexity index is 788. The highest BCUT2D eigenvalue weighted by molar-refractivity contribution is 7.89. The van der Waals surface area contributed by atoms with Gasteiger partial charge in [-0.1, -0.05) is 13.8 Å². The Balaban J connectivity index is 0.00000392. The monoisotopic (exact) mass is 433 g/mol. The van der Waals surface area contributed by atoms with E-state index < -0.39 is 15.6 Å². The van der Waals surface area contributed by atoms with Crippen molar-refractivity contribution in [2.45, 2.75) is 44.6 Å². The van der Waals surface area contributed by atoms with Gasteiger partial charge in [-0.15, -0.1) is 12.4 Å². The van der Waals surface area contributed by atoms with Crippen molar-refractivity contribution < 1.29 is 17.9 Å². The van der Waals surface area contributed by atoms with Crippen LogP contribution in [-0.2, 0) is 10.0 Å². The molecule has 7 nitrogen and oxygen atoms in total. The average molecular weight is 434 g/mol. The summed E-state index contributed by atoms with van der Waals surface area (Å²) in [5.41, 5.74) is 5.33. The number of halogens is 1. The van der Waals surface area contributed by atoms with Gasteiger partial charge < -0.3 is 15.8 Å². The summed E-state index contributed by atoms with van der Waals surface area (Å²) in [6, 6.07) is 4.47. The molecule has 1 aromatic rings. The summed E-state index contributed by atoms with van der Waals surface area (Å²) in [6.07, 6.45) is 1.000. The van der Waals surface area contributed by atoms with Crippen molar-refractivity contribution in [2.24, 2.45) is 17.6 Å². The van der Waals surface area contributed by atoms with E-state index in [9.17, 15) is 13.2 Å². The third-order valence-electron chi connectivity index (χ3n) is 4.84. The van der Waals surface area contributed by atoms with Gasteiger partial charge in [-0.05, 0) is 50.3 Å². The molecule has 160 valence electrons. The maximum Gasteiger partial charge on any atom is 0.251 e. The molecule has 2 atom stereocenters. The van der Waals surface area contributed by atoms with Crippen molar-refractivity contribution in [3.63, 3.8) is 0 Å². The fraction of sp³-hybridized carbons (Fsp3) is 0.632. The summed E-state index contributed by atoms with van der Waals surface area (Å²) in [4.78, 5) is 12.6. The molecule has 0 saturated carbocycles. The molecule has 1 saturated heterocycles. The van der Waals surface area contributed by atoms with Crippen LogP contribution in [0.25, 0.3) is 0 Å². The number of rotatable bonds is 6.